The van der Waals surface area contributed by atoms with Crippen LogP contribution < -0.4 is 15.6 Å². The molecule has 2 fully saturated rings. The zero-order valence-electron chi connectivity index (χ0n) is 11.7. The highest BCUT2D eigenvalue weighted by atomic mass is 32.2. The smallest absolute Gasteiger partial charge is 0.274 e. The lowest BCUT2D eigenvalue weighted by molar-refractivity contribution is -0.138. The van der Waals surface area contributed by atoms with Crippen molar-refractivity contribution in [1.82, 2.24) is 9.62 Å². The lowest BCUT2D eigenvalue weighted by Crippen LogP contribution is -2.56. The molecule has 1 atom stereocenters. The van der Waals surface area contributed by atoms with E-state index in [0.29, 0.717) is 13.1 Å². The molecule has 20 heavy (non-hydrogen) atoms. The molecule has 0 aromatic carbocycles. The second-order valence-electron chi connectivity index (χ2n) is 6.02. The summed E-state index contributed by atoms with van der Waals surface area (Å²) in [4.78, 5) is 14.3. The molecule has 7 nitrogen and oxygen atoms in total. The molecule has 116 valence electrons. The first-order valence-electron chi connectivity index (χ1n) is 7.16. The van der Waals surface area contributed by atoms with Gasteiger partial charge in [-0.1, -0.05) is 12.8 Å². The van der Waals surface area contributed by atoms with Crippen molar-refractivity contribution in [2.75, 3.05) is 19.6 Å². The van der Waals surface area contributed by atoms with Gasteiger partial charge in [0.05, 0.1) is 5.54 Å². The largest absolute Gasteiger partial charge is 0.341 e. The van der Waals surface area contributed by atoms with Crippen LogP contribution >= 0.6 is 0 Å². The zero-order valence-corrected chi connectivity index (χ0v) is 12.5. The lowest BCUT2D eigenvalue weighted by Gasteiger charge is -2.37. The Hall–Kier alpha value is -0.700. The number of hydrogen-bond donors (Lipinski definition) is 3. The first-order valence-corrected chi connectivity index (χ1v) is 8.70. The highest BCUT2D eigenvalue weighted by Crippen LogP contribution is 2.30. The molecule has 8 heteroatoms. The fourth-order valence-corrected chi connectivity index (χ4v) is 3.65. The summed E-state index contributed by atoms with van der Waals surface area (Å²) in [5.41, 5.74) is 5.50. The SMILES string of the molecule is NC1(C(=O)N2CCCC(CNS(N)(=O)=O)C2)CCCC1. The monoisotopic (exact) mass is 304 g/mol. The average molecular weight is 304 g/mol. The van der Waals surface area contributed by atoms with Crippen LogP contribution in [0.15, 0.2) is 0 Å². The van der Waals surface area contributed by atoms with Crippen molar-refractivity contribution in [3.05, 3.63) is 0 Å². The Balaban J connectivity index is 1.91. The van der Waals surface area contributed by atoms with Gasteiger partial charge in [-0.05, 0) is 31.6 Å². The van der Waals surface area contributed by atoms with Gasteiger partial charge in [-0.2, -0.15) is 8.42 Å². The molecular weight excluding hydrogens is 280 g/mol. The van der Waals surface area contributed by atoms with Crippen molar-refractivity contribution < 1.29 is 13.2 Å². The third kappa shape index (κ3) is 3.91. The van der Waals surface area contributed by atoms with Gasteiger partial charge in [-0.3, -0.25) is 4.79 Å². The minimum Gasteiger partial charge on any atom is -0.341 e. The first-order chi connectivity index (χ1) is 9.30. The van der Waals surface area contributed by atoms with Crippen molar-refractivity contribution in [2.24, 2.45) is 16.8 Å². The molecule has 0 aromatic heterocycles. The van der Waals surface area contributed by atoms with Crippen molar-refractivity contribution >= 4 is 16.1 Å². The summed E-state index contributed by atoms with van der Waals surface area (Å²) in [5, 5.41) is 4.93. The molecule has 5 N–H and O–H groups in total. The van der Waals surface area contributed by atoms with Gasteiger partial charge < -0.3 is 10.6 Å². The number of nitrogens with two attached hydrogens (primary N) is 2. The number of amides is 1. The van der Waals surface area contributed by atoms with Crippen LogP contribution in [0.3, 0.4) is 0 Å². The van der Waals surface area contributed by atoms with Gasteiger partial charge in [0, 0.05) is 19.6 Å². The van der Waals surface area contributed by atoms with Gasteiger partial charge in [0.25, 0.3) is 10.2 Å². The molecule has 0 aromatic rings. The predicted molar refractivity (Wildman–Crippen MR) is 75.8 cm³/mol. The van der Waals surface area contributed by atoms with Crippen LogP contribution in [0, 0.1) is 5.92 Å². The summed E-state index contributed by atoms with van der Waals surface area (Å²) in [7, 11) is -3.67. The maximum atomic E-state index is 12.5. The van der Waals surface area contributed by atoms with E-state index in [2.05, 4.69) is 4.72 Å². The van der Waals surface area contributed by atoms with E-state index in [1.807, 2.05) is 0 Å². The predicted octanol–water partition coefficient (Wildman–Crippen LogP) is -0.710. The van der Waals surface area contributed by atoms with Gasteiger partial charge in [0.2, 0.25) is 5.91 Å². The van der Waals surface area contributed by atoms with E-state index in [1.165, 1.54) is 0 Å². The van der Waals surface area contributed by atoms with Gasteiger partial charge in [-0.15, -0.1) is 0 Å². The number of nitrogens with zero attached hydrogens (tertiary/aromatic N) is 1. The molecule has 0 bridgehead atoms. The molecule has 0 spiro atoms. The van der Waals surface area contributed by atoms with Crippen molar-refractivity contribution in [3.63, 3.8) is 0 Å². The van der Waals surface area contributed by atoms with Crippen LogP contribution in [-0.2, 0) is 15.0 Å². The molecule has 1 saturated carbocycles. The Bertz CT molecular complexity index is 459. The van der Waals surface area contributed by atoms with E-state index in [1.54, 1.807) is 4.90 Å². The Morgan fingerprint density at radius 2 is 1.95 bits per heavy atom. The fourth-order valence-electron chi connectivity index (χ4n) is 3.18. The summed E-state index contributed by atoms with van der Waals surface area (Å²) in [6.45, 7) is 1.55. The summed E-state index contributed by atoms with van der Waals surface area (Å²) in [6.07, 6.45) is 5.28. The second-order valence-corrected chi connectivity index (χ2v) is 7.39. The molecule has 1 unspecified atom stereocenters. The minimum atomic E-state index is -3.67. The van der Waals surface area contributed by atoms with Gasteiger partial charge in [0.15, 0.2) is 0 Å². The molecule has 1 aliphatic heterocycles. The number of hydrogen-bond acceptors (Lipinski definition) is 4. The van der Waals surface area contributed by atoms with Crippen molar-refractivity contribution in [3.8, 4) is 0 Å². The number of carbonyl (C=O) groups excluding carboxylic acids is 1. The molecular formula is C12H24N4O3S. The number of carbonyl (C=O) groups is 1. The maximum absolute atomic E-state index is 12.5. The Morgan fingerprint density at radius 1 is 1.30 bits per heavy atom. The normalized spacial score (nSPS) is 26.7. The van der Waals surface area contributed by atoms with Crippen LogP contribution in [0.1, 0.15) is 38.5 Å². The topological polar surface area (TPSA) is 119 Å². The number of piperidine rings is 1. The minimum absolute atomic E-state index is 0.0234. The van der Waals surface area contributed by atoms with E-state index in [4.69, 9.17) is 10.9 Å². The summed E-state index contributed by atoms with van der Waals surface area (Å²) < 4.78 is 24.1. The maximum Gasteiger partial charge on any atom is 0.274 e. The van der Waals surface area contributed by atoms with Crippen LogP contribution in [0.2, 0.25) is 0 Å². The molecule has 1 heterocycles. The Kier molecular flexibility index (Phi) is 4.68. The molecule has 2 rings (SSSR count). The average Bonchev–Trinajstić information content (AvgIpc) is 2.83. The molecule has 1 saturated heterocycles. The van der Waals surface area contributed by atoms with Gasteiger partial charge in [0.1, 0.15) is 0 Å². The Morgan fingerprint density at radius 3 is 2.55 bits per heavy atom. The summed E-state index contributed by atoms with van der Waals surface area (Å²) in [6, 6.07) is 0. The van der Waals surface area contributed by atoms with Crippen LogP contribution in [-0.4, -0.2) is 44.4 Å². The quantitative estimate of drug-likeness (QED) is 0.635. The van der Waals surface area contributed by atoms with E-state index in [0.717, 1.165) is 38.5 Å². The van der Waals surface area contributed by atoms with Crippen LogP contribution in [0.5, 0.6) is 0 Å². The number of rotatable bonds is 4. The van der Waals surface area contributed by atoms with E-state index in [9.17, 15) is 13.2 Å². The second kappa shape index (κ2) is 5.97. The highest BCUT2D eigenvalue weighted by molar-refractivity contribution is 7.87. The van der Waals surface area contributed by atoms with Gasteiger partial charge >= 0.3 is 0 Å². The standard InChI is InChI=1S/C12H24N4O3S/c13-12(5-1-2-6-12)11(17)16-7-3-4-10(9-16)8-15-20(14,18)19/h10,15H,1-9,13H2,(H2,14,18,19). The van der Waals surface area contributed by atoms with E-state index < -0.39 is 15.7 Å². The summed E-state index contributed by atoms with van der Waals surface area (Å²) in [5.74, 6) is 0.131. The summed E-state index contributed by atoms with van der Waals surface area (Å²) >= 11 is 0. The third-order valence-corrected chi connectivity index (χ3v) is 4.87. The van der Waals surface area contributed by atoms with Crippen molar-refractivity contribution in [1.29, 1.82) is 0 Å². The van der Waals surface area contributed by atoms with E-state index >= 15 is 0 Å². The zero-order chi connectivity index (χ0) is 14.8. The lowest BCUT2D eigenvalue weighted by atomic mass is 9.93. The first kappa shape index (κ1) is 15.7. The van der Waals surface area contributed by atoms with E-state index in [-0.39, 0.29) is 18.4 Å². The van der Waals surface area contributed by atoms with Crippen LogP contribution in [0.4, 0.5) is 0 Å². The molecule has 1 amide bonds. The number of nitrogens with one attached hydrogen (secondary N) is 1. The molecule has 1 aliphatic carbocycles. The van der Waals surface area contributed by atoms with Gasteiger partial charge in [-0.25, -0.2) is 9.86 Å². The highest BCUT2D eigenvalue weighted by Gasteiger charge is 2.40. The fraction of sp³-hybridized carbons (Fsp3) is 0.917. The number of likely N-dealkylation sites (tertiary alicyclic amines) is 1. The third-order valence-electron chi connectivity index (χ3n) is 4.30. The Labute approximate surface area is 120 Å². The molecule has 2 aliphatic rings. The van der Waals surface area contributed by atoms with Crippen molar-refractivity contribution in [2.45, 2.75) is 44.1 Å². The van der Waals surface area contributed by atoms with Crippen LogP contribution in [0.25, 0.3) is 0 Å². The molecule has 0 radical (unpaired) electrons.